The number of aromatic nitrogens is 2. The normalized spacial score (nSPS) is 18.9. The van der Waals surface area contributed by atoms with Crippen molar-refractivity contribution in [2.24, 2.45) is 13.0 Å². The van der Waals surface area contributed by atoms with E-state index in [4.69, 9.17) is 11.6 Å². The standard InChI is InChI=1S/C10H15ClN2/c1-13-9(6-7-12-13)4-5-10(11)8-2-3-8/h6-8,10H,2-5H2,1H3. The first-order chi connectivity index (χ1) is 6.27. The van der Waals surface area contributed by atoms with Gasteiger partial charge in [-0.3, -0.25) is 4.68 Å². The van der Waals surface area contributed by atoms with Gasteiger partial charge in [0, 0.05) is 24.3 Å². The van der Waals surface area contributed by atoms with Gasteiger partial charge < -0.3 is 0 Å². The van der Waals surface area contributed by atoms with Crippen molar-refractivity contribution in [1.29, 1.82) is 0 Å². The molecule has 72 valence electrons. The van der Waals surface area contributed by atoms with Crippen LogP contribution in [0, 0.1) is 5.92 Å². The quantitative estimate of drug-likeness (QED) is 0.680. The number of hydrogen-bond donors (Lipinski definition) is 0. The third-order valence-corrected chi connectivity index (χ3v) is 3.31. The van der Waals surface area contributed by atoms with Crippen molar-refractivity contribution in [3.8, 4) is 0 Å². The zero-order valence-corrected chi connectivity index (χ0v) is 8.67. The second kappa shape index (κ2) is 3.70. The van der Waals surface area contributed by atoms with E-state index in [0.717, 1.165) is 18.8 Å². The lowest BCUT2D eigenvalue weighted by Gasteiger charge is -2.07. The number of aryl methyl sites for hydroxylation is 2. The predicted octanol–water partition coefficient (Wildman–Crippen LogP) is 2.37. The van der Waals surface area contributed by atoms with Crippen LogP contribution in [-0.2, 0) is 13.5 Å². The third kappa shape index (κ3) is 2.25. The van der Waals surface area contributed by atoms with Gasteiger partial charge >= 0.3 is 0 Å². The number of halogens is 1. The summed E-state index contributed by atoms with van der Waals surface area (Å²) >= 11 is 6.22. The molecule has 0 radical (unpaired) electrons. The maximum absolute atomic E-state index is 6.22. The highest BCUT2D eigenvalue weighted by Crippen LogP contribution is 2.37. The van der Waals surface area contributed by atoms with Crippen molar-refractivity contribution in [3.63, 3.8) is 0 Å². The highest BCUT2D eigenvalue weighted by molar-refractivity contribution is 6.20. The molecule has 0 saturated heterocycles. The summed E-state index contributed by atoms with van der Waals surface area (Å²) in [5.41, 5.74) is 1.28. The van der Waals surface area contributed by atoms with Gasteiger partial charge in [-0.15, -0.1) is 11.6 Å². The Kier molecular flexibility index (Phi) is 2.58. The van der Waals surface area contributed by atoms with Crippen LogP contribution in [0.5, 0.6) is 0 Å². The molecule has 13 heavy (non-hydrogen) atoms. The summed E-state index contributed by atoms with van der Waals surface area (Å²) in [4.78, 5) is 0. The number of alkyl halides is 1. The molecule has 1 aromatic rings. The van der Waals surface area contributed by atoms with Gasteiger partial charge in [-0.25, -0.2) is 0 Å². The number of rotatable bonds is 4. The lowest BCUT2D eigenvalue weighted by molar-refractivity contribution is 0.634. The average molecular weight is 199 g/mol. The van der Waals surface area contributed by atoms with Crippen LogP contribution < -0.4 is 0 Å². The SMILES string of the molecule is Cn1nccc1CCC(Cl)C1CC1. The summed E-state index contributed by atoms with van der Waals surface area (Å²) in [5, 5.41) is 4.51. The van der Waals surface area contributed by atoms with Crippen molar-refractivity contribution in [1.82, 2.24) is 9.78 Å². The highest BCUT2D eigenvalue weighted by Gasteiger charge is 2.29. The molecular weight excluding hydrogens is 184 g/mol. The smallest absolute Gasteiger partial charge is 0.0492 e. The molecule has 3 heteroatoms. The Balaban J connectivity index is 1.81. The predicted molar refractivity (Wildman–Crippen MR) is 53.9 cm³/mol. The molecule has 1 heterocycles. The molecule has 0 bridgehead atoms. The summed E-state index contributed by atoms with van der Waals surface area (Å²) in [6.45, 7) is 0. The minimum atomic E-state index is 0.384. The molecule has 0 amide bonds. The summed E-state index contributed by atoms with van der Waals surface area (Å²) in [6.07, 6.45) is 6.65. The van der Waals surface area contributed by atoms with Crippen LogP contribution in [-0.4, -0.2) is 15.2 Å². The van der Waals surface area contributed by atoms with Gasteiger partial charge in [-0.2, -0.15) is 5.10 Å². The maximum Gasteiger partial charge on any atom is 0.0492 e. The van der Waals surface area contributed by atoms with E-state index in [9.17, 15) is 0 Å². The van der Waals surface area contributed by atoms with Gasteiger partial charge in [0.25, 0.3) is 0 Å². The summed E-state index contributed by atoms with van der Waals surface area (Å²) in [7, 11) is 1.98. The summed E-state index contributed by atoms with van der Waals surface area (Å²) < 4.78 is 1.93. The Hall–Kier alpha value is -0.500. The Morgan fingerprint density at radius 2 is 2.46 bits per heavy atom. The molecule has 1 saturated carbocycles. The van der Waals surface area contributed by atoms with Gasteiger partial charge in [-0.05, 0) is 37.7 Å². The van der Waals surface area contributed by atoms with Crippen LogP contribution in [0.4, 0.5) is 0 Å². The Morgan fingerprint density at radius 3 is 3.00 bits per heavy atom. The second-order valence-electron chi connectivity index (χ2n) is 3.84. The third-order valence-electron chi connectivity index (χ3n) is 2.73. The van der Waals surface area contributed by atoms with Crippen molar-refractivity contribution < 1.29 is 0 Å². The summed E-state index contributed by atoms with van der Waals surface area (Å²) in [6, 6.07) is 2.07. The zero-order chi connectivity index (χ0) is 9.26. The molecule has 1 unspecified atom stereocenters. The first-order valence-electron chi connectivity index (χ1n) is 4.88. The van der Waals surface area contributed by atoms with E-state index in [1.54, 1.807) is 0 Å². The van der Waals surface area contributed by atoms with Crippen LogP contribution in [0.1, 0.15) is 25.0 Å². The van der Waals surface area contributed by atoms with Crippen molar-refractivity contribution in [2.75, 3.05) is 0 Å². The lowest BCUT2D eigenvalue weighted by Crippen LogP contribution is -2.05. The van der Waals surface area contributed by atoms with Gasteiger partial charge in [0.2, 0.25) is 0 Å². The van der Waals surface area contributed by atoms with E-state index in [0.29, 0.717) is 5.38 Å². The molecule has 1 atom stereocenters. The molecule has 0 aliphatic heterocycles. The molecule has 1 fully saturated rings. The van der Waals surface area contributed by atoms with Gasteiger partial charge in [0.15, 0.2) is 0 Å². The Bertz CT molecular complexity index is 278. The molecule has 1 aliphatic carbocycles. The van der Waals surface area contributed by atoms with Crippen LogP contribution in [0.3, 0.4) is 0 Å². The minimum Gasteiger partial charge on any atom is -0.273 e. The van der Waals surface area contributed by atoms with E-state index in [1.807, 2.05) is 17.9 Å². The molecule has 1 aliphatic rings. The molecule has 1 aromatic heterocycles. The minimum absolute atomic E-state index is 0.384. The topological polar surface area (TPSA) is 17.8 Å². The second-order valence-corrected chi connectivity index (χ2v) is 4.40. The monoisotopic (exact) mass is 198 g/mol. The number of hydrogen-bond acceptors (Lipinski definition) is 1. The van der Waals surface area contributed by atoms with Crippen LogP contribution in [0.25, 0.3) is 0 Å². The zero-order valence-electron chi connectivity index (χ0n) is 7.91. The highest BCUT2D eigenvalue weighted by atomic mass is 35.5. The van der Waals surface area contributed by atoms with E-state index >= 15 is 0 Å². The fourth-order valence-corrected chi connectivity index (χ4v) is 1.99. The van der Waals surface area contributed by atoms with Crippen LogP contribution in [0.2, 0.25) is 0 Å². The first kappa shape index (κ1) is 9.07. The first-order valence-corrected chi connectivity index (χ1v) is 5.32. The molecule has 0 aromatic carbocycles. The van der Waals surface area contributed by atoms with Gasteiger partial charge in [-0.1, -0.05) is 0 Å². The Labute approximate surface area is 83.9 Å². The van der Waals surface area contributed by atoms with Gasteiger partial charge in [0.1, 0.15) is 0 Å². The van der Waals surface area contributed by atoms with Crippen molar-refractivity contribution in [3.05, 3.63) is 18.0 Å². The fraction of sp³-hybridized carbons (Fsp3) is 0.700. The Morgan fingerprint density at radius 1 is 1.69 bits per heavy atom. The fourth-order valence-electron chi connectivity index (χ4n) is 1.63. The van der Waals surface area contributed by atoms with E-state index in [-0.39, 0.29) is 0 Å². The molecule has 0 N–H and O–H groups in total. The van der Waals surface area contributed by atoms with Crippen molar-refractivity contribution in [2.45, 2.75) is 31.1 Å². The van der Waals surface area contributed by atoms with E-state index in [1.165, 1.54) is 18.5 Å². The van der Waals surface area contributed by atoms with Crippen LogP contribution >= 0.6 is 11.6 Å². The van der Waals surface area contributed by atoms with Crippen LogP contribution in [0.15, 0.2) is 12.3 Å². The largest absolute Gasteiger partial charge is 0.273 e. The average Bonchev–Trinajstić information content (AvgIpc) is 2.88. The summed E-state index contributed by atoms with van der Waals surface area (Å²) in [5.74, 6) is 0.801. The lowest BCUT2D eigenvalue weighted by atomic mass is 10.1. The molecule has 2 nitrogen and oxygen atoms in total. The van der Waals surface area contributed by atoms with Crippen molar-refractivity contribution >= 4 is 11.6 Å². The van der Waals surface area contributed by atoms with E-state index in [2.05, 4.69) is 11.2 Å². The maximum atomic E-state index is 6.22. The molecular formula is C10H15ClN2. The number of nitrogens with zero attached hydrogens (tertiary/aromatic N) is 2. The van der Waals surface area contributed by atoms with Gasteiger partial charge in [0.05, 0.1) is 0 Å². The molecule has 0 spiro atoms. The van der Waals surface area contributed by atoms with E-state index < -0.39 is 0 Å². The molecule has 2 rings (SSSR count).